The Morgan fingerprint density at radius 2 is 1.71 bits per heavy atom. The van der Waals surface area contributed by atoms with Gasteiger partial charge in [-0.1, -0.05) is 28.1 Å². The maximum Gasteiger partial charge on any atom is 0.0986 e. The number of rotatable bonds is 4. The van der Waals surface area contributed by atoms with Gasteiger partial charge in [0.05, 0.1) is 18.3 Å². The Balaban J connectivity index is 1.83. The minimum atomic E-state index is -0.599. The van der Waals surface area contributed by atoms with Crippen molar-refractivity contribution in [2.24, 2.45) is 0 Å². The third-order valence-corrected chi connectivity index (χ3v) is 3.82. The smallest absolute Gasteiger partial charge is 0.0986 e. The fourth-order valence-corrected chi connectivity index (χ4v) is 2.46. The average molecular weight is 344 g/mol. The second-order valence-corrected chi connectivity index (χ2v) is 5.62. The molecule has 0 saturated heterocycles. The first-order valence-electron chi connectivity index (χ1n) is 6.60. The molecule has 0 spiro atoms. The number of aromatic nitrogens is 3. The first-order chi connectivity index (χ1) is 10.2. The molecule has 0 bridgehead atoms. The third-order valence-electron chi connectivity index (χ3n) is 3.29. The Labute approximate surface area is 131 Å². The minimum Gasteiger partial charge on any atom is -0.386 e. The van der Waals surface area contributed by atoms with E-state index in [9.17, 15) is 5.11 Å². The average Bonchev–Trinajstić information content (AvgIpc) is 2.97. The van der Waals surface area contributed by atoms with Gasteiger partial charge in [-0.05, 0) is 35.9 Å². The Kier molecular flexibility index (Phi) is 4.13. The first kappa shape index (κ1) is 14.0. The molecule has 3 rings (SSSR count). The van der Waals surface area contributed by atoms with Crippen LogP contribution in [0.15, 0.2) is 65.5 Å². The highest BCUT2D eigenvalue weighted by Crippen LogP contribution is 2.22. The number of benzene rings is 1. The molecular weight excluding hydrogens is 330 g/mol. The van der Waals surface area contributed by atoms with Gasteiger partial charge in [0.1, 0.15) is 0 Å². The summed E-state index contributed by atoms with van der Waals surface area (Å²) in [5.41, 5.74) is 2.87. The topological polar surface area (TPSA) is 50.9 Å². The van der Waals surface area contributed by atoms with Gasteiger partial charge >= 0.3 is 0 Å². The Morgan fingerprint density at radius 3 is 2.43 bits per heavy atom. The highest BCUT2D eigenvalue weighted by molar-refractivity contribution is 9.10. The van der Waals surface area contributed by atoms with Crippen LogP contribution in [0.5, 0.6) is 0 Å². The van der Waals surface area contributed by atoms with Crippen LogP contribution in [0, 0.1) is 0 Å². The highest BCUT2D eigenvalue weighted by atomic mass is 79.9. The largest absolute Gasteiger partial charge is 0.386 e. The normalized spacial score (nSPS) is 12.3. The van der Waals surface area contributed by atoms with Crippen LogP contribution in [0.2, 0.25) is 0 Å². The SMILES string of the molecule is OC(Cn1nccc1-c1ccncc1)c1ccc(Br)cc1. The van der Waals surface area contributed by atoms with Gasteiger partial charge in [-0.25, -0.2) is 0 Å². The van der Waals surface area contributed by atoms with Crippen LogP contribution < -0.4 is 0 Å². The lowest BCUT2D eigenvalue weighted by Gasteiger charge is -2.14. The summed E-state index contributed by atoms with van der Waals surface area (Å²) in [6.07, 6.45) is 4.64. The standard InChI is InChI=1S/C16H14BrN3O/c17-14-3-1-13(2-4-14)16(21)11-20-15(7-10-19-20)12-5-8-18-9-6-12/h1-10,16,21H,11H2. The molecule has 1 N–H and O–H groups in total. The quantitative estimate of drug-likeness (QED) is 0.789. The van der Waals surface area contributed by atoms with Crippen LogP contribution in [0.3, 0.4) is 0 Å². The maximum atomic E-state index is 10.4. The molecule has 1 aromatic carbocycles. The Hall–Kier alpha value is -1.98. The van der Waals surface area contributed by atoms with Crippen LogP contribution in [0.4, 0.5) is 0 Å². The second-order valence-electron chi connectivity index (χ2n) is 4.70. The monoisotopic (exact) mass is 343 g/mol. The zero-order chi connectivity index (χ0) is 14.7. The first-order valence-corrected chi connectivity index (χ1v) is 7.39. The molecular formula is C16H14BrN3O. The van der Waals surface area contributed by atoms with E-state index < -0.39 is 6.10 Å². The molecule has 0 amide bonds. The van der Waals surface area contributed by atoms with Crippen LogP contribution in [0.1, 0.15) is 11.7 Å². The molecule has 0 aliphatic carbocycles. The minimum absolute atomic E-state index is 0.409. The number of aliphatic hydroxyl groups is 1. The van der Waals surface area contributed by atoms with Crippen molar-refractivity contribution in [3.05, 3.63) is 71.1 Å². The van der Waals surface area contributed by atoms with E-state index in [1.54, 1.807) is 18.6 Å². The van der Waals surface area contributed by atoms with Crippen molar-refractivity contribution in [2.75, 3.05) is 0 Å². The summed E-state index contributed by atoms with van der Waals surface area (Å²) in [6, 6.07) is 13.5. The summed E-state index contributed by atoms with van der Waals surface area (Å²) >= 11 is 3.39. The van der Waals surface area contributed by atoms with Gasteiger partial charge in [0.15, 0.2) is 0 Å². The van der Waals surface area contributed by atoms with E-state index in [1.807, 2.05) is 47.1 Å². The van der Waals surface area contributed by atoms with E-state index >= 15 is 0 Å². The van der Waals surface area contributed by atoms with Crippen LogP contribution in [0.25, 0.3) is 11.3 Å². The molecule has 2 heterocycles. The molecule has 0 aliphatic heterocycles. The summed E-state index contributed by atoms with van der Waals surface area (Å²) in [4.78, 5) is 4.02. The molecule has 106 valence electrons. The number of nitrogens with zero attached hydrogens (tertiary/aromatic N) is 3. The maximum absolute atomic E-state index is 10.4. The molecule has 0 saturated carbocycles. The molecule has 21 heavy (non-hydrogen) atoms. The summed E-state index contributed by atoms with van der Waals surface area (Å²) in [6.45, 7) is 0.409. The number of aliphatic hydroxyl groups excluding tert-OH is 1. The van der Waals surface area contributed by atoms with Gasteiger partial charge in [0.25, 0.3) is 0 Å². The molecule has 3 aromatic rings. The molecule has 0 aliphatic rings. The van der Waals surface area contributed by atoms with Gasteiger partial charge in [0, 0.05) is 28.6 Å². The van der Waals surface area contributed by atoms with E-state index in [-0.39, 0.29) is 0 Å². The van der Waals surface area contributed by atoms with Gasteiger partial charge in [-0.15, -0.1) is 0 Å². The summed E-state index contributed by atoms with van der Waals surface area (Å²) in [5.74, 6) is 0. The molecule has 1 atom stereocenters. The second kappa shape index (κ2) is 6.20. The molecule has 0 fully saturated rings. The van der Waals surface area contributed by atoms with Gasteiger partial charge < -0.3 is 5.11 Å². The van der Waals surface area contributed by atoms with E-state index in [1.165, 1.54) is 0 Å². The Morgan fingerprint density at radius 1 is 1.00 bits per heavy atom. The third kappa shape index (κ3) is 3.20. The highest BCUT2D eigenvalue weighted by Gasteiger charge is 2.12. The number of hydrogen-bond donors (Lipinski definition) is 1. The van der Waals surface area contributed by atoms with E-state index in [4.69, 9.17) is 0 Å². The lowest BCUT2D eigenvalue weighted by atomic mass is 10.1. The Bertz CT molecular complexity index is 710. The van der Waals surface area contributed by atoms with Crippen LogP contribution in [-0.4, -0.2) is 19.9 Å². The van der Waals surface area contributed by atoms with Crippen molar-refractivity contribution in [3.8, 4) is 11.3 Å². The van der Waals surface area contributed by atoms with Gasteiger partial charge in [-0.2, -0.15) is 5.10 Å². The van der Waals surface area contributed by atoms with Crippen molar-refractivity contribution in [1.29, 1.82) is 0 Å². The van der Waals surface area contributed by atoms with Crippen molar-refractivity contribution in [3.63, 3.8) is 0 Å². The van der Waals surface area contributed by atoms with Gasteiger partial charge in [-0.3, -0.25) is 9.67 Å². The predicted molar refractivity (Wildman–Crippen MR) is 84.6 cm³/mol. The van der Waals surface area contributed by atoms with Crippen molar-refractivity contribution >= 4 is 15.9 Å². The van der Waals surface area contributed by atoms with E-state index in [0.29, 0.717) is 6.54 Å². The summed E-state index contributed by atoms with van der Waals surface area (Å²) < 4.78 is 2.80. The van der Waals surface area contributed by atoms with E-state index in [2.05, 4.69) is 26.0 Å². The fraction of sp³-hybridized carbons (Fsp3) is 0.125. The van der Waals surface area contributed by atoms with Gasteiger partial charge in [0.2, 0.25) is 0 Å². The number of pyridine rings is 1. The molecule has 5 heteroatoms. The predicted octanol–water partition coefficient (Wildman–Crippen LogP) is 3.44. The number of halogens is 1. The van der Waals surface area contributed by atoms with Crippen molar-refractivity contribution in [2.45, 2.75) is 12.6 Å². The van der Waals surface area contributed by atoms with Crippen molar-refractivity contribution in [1.82, 2.24) is 14.8 Å². The van der Waals surface area contributed by atoms with Crippen LogP contribution in [-0.2, 0) is 6.54 Å². The zero-order valence-electron chi connectivity index (χ0n) is 11.2. The lowest BCUT2D eigenvalue weighted by molar-refractivity contribution is 0.152. The molecule has 4 nitrogen and oxygen atoms in total. The molecule has 2 aromatic heterocycles. The van der Waals surface area contributed by atoms with E-state index in [0.717, 1.165) is 21.3 Å². The number of hydrogen-bond acceptors (Lipinski definition) is 3. The fourth-order valence-electron chi connectivity index (χ4n) is 2.20. The molecule has 0 radical (unpaired) electrons. The van der Waals surface area contributed by atoms with Crippen LogP contribution >= 0.6 is 15.9 Å². The lowest BCUT2D eigenvalue weighted by Crippen LogP contribution is -2.11. The zero-order valence-corrected chi connectivity index (χ0v) is 12.8. The summed E-state index contributed by atoms with van der Waals surface area (Å²) in [7, 11) is 0. The molecule has 1 unspecified atom stereocenters. The summed E-state index contributed by atoms with van der Waals surface area (Å²) in [5, 5.41) is 14.7. The van der Waals surface area contributed by atoms with Crippen molar-refractivity contribution < 1.29 is 5.11 Å².